The van der Waals surface area contributed by atoms with Crippen molar-refractivity contribution in [2.45, 2.75) is 52.0 Å². The number of fused-ring (bicyclic) bond motifs is 1. The molecule has 0 bridgehead atoms. The second-order valence-electron chi connectivity index (χ2n) is 6.85. The van der Waals surface area contributed by atoms with Gasteiger partial charge in [0.15, 0.2) is 0 Å². The molecule has 1 N–H and O–H groups in total. The van der Waals surface area contributed by atoms with Gasteiger partial charge in [-0.25, -0.2) is 9.97 Å². The zero-order valence-electron chi connectivity index (χ0n) is 15.6. The van der Waals surface area contributed by atoms with Crippen LogP contribution >= 0.6 is 0 Å². The van der Waals surface area contributed by atoms with Crippen LogP contribution in [0.15, 0.2) is 36.5 Å². The third kappa shape index (κ3) is 5.04. The number of unbranched alkanes of at least 4 members (excludes halogenated alkanes) is 1. The summed E-state index contributed by atoms with van der Waals surface area (Å²) in [6.45, 7) is 4.38. The number of aryl methyl sites for hydroxylation is 1. The molecular formula is C21H28N4O. The number of carbonyl (C=O) groups is 1. The van der Waals surface area contributed by atoms with Gasteiger partial charge in [0.1, 0.15) is 0 Å². The van der Waals surface area contributed by atoms with Crippen LogP contribution in [0.3, 0.4) is 0 Å². The van der Waals surface area contributed by atoms with E-state index in [1.165, 1.54) is 5.56 Å². The van der Waals surface area contributed by atoms with Crippen molar-refractivity contribution in [1.82, 2.24) is 14.9 Å². The van der Waals surface area contributed by atoms with Gasteiger partial charge in [-0.2, -0.15) is 0 Å². The van der Waals surface area contributed by atoms with Crippen LogP contribution in [0.2, 0.25) is 0 Å². The summed E-state index contributed by atoms with van der Waals surface area (Å²) in [6, 6.07) is 10.5. The molecule has 1 amide bonds. The molecule has 3 rings (SSSR count). The normalized spacial score (nSPS) is 13.3. The molecule has 0 unspecified atom stereocenters. The predicted molar refractivity (Wildman–Crippen MR) is 104 cm³/mol. The lowest BCUT2D eigenvalue weighted by atomic mass is 10.1. The van der Waals surface area contributed by atoms with Crippen LogP contribution in [-0.2, 0) is 24.2 Å². The molecule has 0 atom stereocenters. The highest BCUT2D eigenvalue weighted by atomic mass is 16.2. The summed E-state index contributed by atoms with van der Waals surface area (Å²) in [4.78, 5) is 23.2. The fraction of sp³-hybridized carbons (Fsp3) is 0.476. The average Bonchev–Trinajstić information content (AvgIpc) is 2.69. The molecule has 0 saturated carbocycles. The zero-order chi connectivity index (χ0) is 18.2. The maximum Gasteiger partial charge on any atom is 0.222 e. The lowest BCUT2D eigenvalue weighted by Crippen LogP contribution is -2.36. The van der Waals surface area contributed by atoms with Gasteiger partial charge in [-0.3, -0.25) is 4.79 Å². The smallest absolute Gasteiger partial charge is 0.222 e. The molecule has 1 aliphatic heterocycles. The summed E-state index contributed by atoms with van der Waals surface area (Å²) in [5, 5.41) is 3.32. The van der Waals surface area contributed by atoms with Gasteiger partial charge in [0.25, 0.3) is 0 Å². The topological polar surface area (TPSA) is 58.1 Å². The van der Waals surface area contributed by atoms with Crippen molar-refractivity contribution >= 4 is 11.9 Å². The first kappa shape index (κ1) is 18.4. The van der Waals surface area contributed by atoms with E-state index in [0.29, 0.717) is 18.9 Å². The lowest BCUT2D eigenvalue weighted by molar-refractivity contribution is -0.132. The SMILES string of the molecule is CCCCC(=O)N1CCc2nc(NCCCc3ccccc3)ncc2C1. The molecule has 26 heavy (non-hydrogen) atoms. The Morgan fingerprint density at radius 1 is 1.23 bits per heavy atom. The van der Waals surface area contributed by atoms with E-state index in [1.54, 1.807) is 0 Å². The number of anilines is 1. The van der Waals surface area contributed by atoms with E-state index in [4.69, 9.17) is 0 Å². The molecular weight excluding hydrogens is 324 g/mol. The fourth-order valence-corrected chi connectivity index (χ4v) is 3.24. The van der Waals surface area contributed by atoms with Gasteiger partial charge >= 0.3 is 0 Å². The molecule has 0 spiro atoms. The summed E-state index contributed by atoms with van der Waals surface area (Å²) < 4.78 is 0. The molecule has 0 saturated heterocycles. The molecule has 2 aromatic rings. The van der Waals surface area contributed by atoms with Gasteiger partial charge < -0.3 is 10.2 Å². The van der Waals surface area contributed by atoms with E-state index in [1.807, 2.05) is 17.2 Å². The van der Waals surface area contributed by atoms with Gasteiger partial charge in [0.2, 0.25) is 11.9 Å². The first-order valence-electron chi connectivity index (χ1n) is 9.66. The Balaban J connectivity index is 1.48. The molecule has 138 valence electrons. The summed E-state index contributed by atoms with van der Waals surface area (Å²) in [5.74, 6) is 0.947. The average molecular weight is 352 g/mol. The Morgan fingerprint density at radius 3 is 2.88 bits per heavy atom. The van der Waals surface area contributed by atoms with E-state index >= 15 is 0 Å². The highest BCUT2D eigenvalue weighted by Gasteiger charge is 2.21. The van der Waals surface area contributed by atoms with E-state index in [9.17, 15) is 4.79 Å². The third-order valence-corrected chi connectivity index (χ3v) is 4.80. The maximum atomic E-state index is 12.2. The first-order valence-corrected chi connectivity index (χ1v) is 9.66. The Kier molecular flexibility index (Phi) is 6.58. The minimum absolute atomic E-state index is 0.251. The van der Waals surface area contributed by atoms with Crippen LogP contribution in [0.4, 0.5) is 5.95 Å². The molecule has 1 aromatic carbocycles. The van der Waals surface area contributed by atoms with Gasteiger partial charge in [0.05, 0.1) is 5.69 Å². The van der Waals surface area contributed by atoms with Crippen molar-refractivity contribution < 1.29 is 4.79 Å². The Morgan fingerprint density at radius 2 is 2.08 bits per heavy atom. The van der Waals surface area contributed by atoms with Crippen molar-refractivity contribution in [3.05, 3.63) is 53.3 Å². The zero-order valence-corrected chi connectivity index (χ0v) is 15.6. The molecule has 2 heterocycles. The van der Waals surface area contributed by atoms with Crippen LogP contribution in [0.25, 0.3) is 0 Å². The summed E-state index contributed by atoms with van der Waals surface area (Å²) in [6.07, 6.45) is 7.45. The number of nitrogens with one attached hydrogen (secondary N) is 1. The van der Waals surface area contributed by atoms with E-state index in [2.05, 4.69) is 46.5 Å². The quantitative estimate of drug-likeness (QED) is 0.738. The second-order valence-corrected chi connectivity index (χ2v) is 6.85. The van der Waals surface area contributed by atoms with Crippen LogP contribution in [0.1, 0.15) is 49.4 Å². The molecule has 5 nitrogen and oxygen atoms in total. The Labute approximate surface area is 155 Å². The Hall–Kier alpha value is -2.43. The number of nitrogens with zero attached hydrogens (tertiary/aromatic N) is 3. The van der Waals surface area contributed by atoms with Gasteiger partial charge in [-0.1, -0.05) is 43.7 Å². The highest BCUT2D eigenvalue weighted by molar-refractivity contribution is 5.76. The molecule has 0 fully saturated rings. The summed E-state index contributed by atoms with van der Waals surface area (Å²) >= 11 is 0. The van der Waals surface area contributed by atoms with Gasteiger partial charge in [-0.15, -0.1) is 0 Å². The van der Waals surface area contributed by atoms with Crippen LogP contribution < -0.4 is 5.32 Å². The number of benzene rings is 1. The van der Waals surface area contributed by atoms with E-state index in [0.717, 1.165) is 56.5 Å². The second kappa shape index (κ2) is 9.32. The molecule has 0 aliphatic carbocycles. The van der Waals surface area contributed by atoms with Crippen LogP contribution in [0, 0.1) is 0 Å². The number of rotatable bonds is 8. The maximum absolute atomic E-state index is 12.2. The van der Waals surface area contributed by atoms with Crippen molar-refractivity contribution in [2.75, 3.05) is 18.4 Å². The van der Waals surface area contributed by atoms with Crippen molar-refractivity contribution in [3.63, 3.8) is 0 Å². The summed E-state index contributed by atoms with van der Waals surface area (Å²) in [7, 11) is 0. The number of hydrogen-bond acceptors (Lipinski definition) is 4. The van der Waals surface area contributed by atoms with Gasteiger partial charge in [-0.05, 0) is 24.8 Å². The molecule has 1 aromatic heterocycles. The van der Waals surface area contributed by atoms with Crippen LogP contribution in [0.5, 0.6) is 0 Å². The minimum Gasteiger partial charge on any atom is -0.354 e. The van der Waals surface area contributed by atoms with Crippen molar-refractivity contribution in [1.29, 1.82) is 0 Å². The number of aromatic nitrogens is 2. The predicted octanol–water partition coefficient (Wildman–Crippen LogP) is 3.60. The van der Waals surface area contributed by atoms with Crippen molar-refractivity contribution in [3.8, 4) is 0 Å². The minimum atomic E-state index is 0.251. The highest BCUT2D eigenvalue weighted by Crippen LogP contribution is 2.19. The largest absolute Gasteiger partial charge is 0.354 e. The number of amides is 1. The molecule has 1 aliphatic rings. The third-order valence-electron chi connectivity index (χ3n) is 4.80. The standard InChI is InChI=1S/C21H28N4O/c1-2-3-11-20(26)25-14-12-19-18(16-25)15-23-21(24-19)22-13-7-10-17-8-5-4-6-9-17/h4-6,8-9,15H,2-3,7,10-14,16H2,1H3,(H,22,23,24). The van der Waals surface area contributed by atoms with E-state index in [-0.39, 0.29) is 5.91 Å². The fourth-order valence-electron chi connectivity index (χ4n) is 3.24. The first-order chi connectivity index (χ1) is 12.8. The van der Waals surface area contributed by atoms with Crippen LogP contribution in [-0.4, -0.2) is 33.9 Å². The molecule has 0 radical (unpaired) electrons. The molecule has 5 heteroatoms. The lowest BCUT2D eigenvalue weighted by Gasteiger charge is -2.28. The summed E-state index contributed by atoms with van der Waals surface area (Å²) in [5.41, 5.74) is 3.51. The van der Waals surface area contributed by atoms with E-state index < -0.39 is 0 Å². The number of hydrogen-bond donors (Lipinski definition) is 1. The number of carbonyl (C=O) groups excluding carboxylic acids is 1. The van der Waals surface area contributed by atoms with Crippen molar-refractivity contribution in [2.24, 2.45) is 0 Å². The monoisotopic (exact) mass is 352 g/mol. The van der Waals surface area contributed by atoms with Gasteiger partial charge in [0, 0.05) is 44.2 Å². The Bertz CT molecular complexity index is 717.